The van der Waals surface area contributed by atoms with Crippen molar-refractivity contribution in [2.24, 2.45) is 16.7 Å². The summed E-state index contributed by atoms with van der Waals surface area (Å²) in [5.41, 5.74) is 1.46. The number of ketones is 1. The lowest BCUT2D eigenvalue weighted by Crippen LogP contribution is -2.63. The quantitative estimate of drug-likeness (QED) is 0.104. The zero-order valence-corrected chi connectivity index (χ0v) is 37.3. The van der Waals surface area contributed by atoms with E-state index >= 15 is 4.79 Å². The van der Waals surface area contributed by atoms with Crippen LogP contribution in [0.1, 0.15) is 148 Å². The van der Waals surface area contributed by atoms with Gasteiger partial charge in [-0.05, 0) is 79.2 Å². The van der Waals surface area contributed by atoms with E-state index < -0.39 is 59.2 Å². The van der Waals surface area contributed by atoms with E-state index in [9.17, 15) is 24.0 Å². The van der Waals surface area contributed by atoms with Gasteiger partial charge in [-0.1, -0.05) is 116 Å². The van der Waals surface area contributed by atoms with Crippen LogP contribution in [0.3, 0.4) is 0 Å². The molecule has 0 spiro atoms. The molecule has 4 fully saturated rings. The molecule has 3 saturated carbocycles. The van der Waals surface area contributed by atoms with Gasteiger partial charge in [-0.25, -0.2) is 9.59 Å². The lowest BCUT2D eigenvalue weighted by atomic mass is 9.70. The van der Waals surface area contributed by atoms with Crippen LogP contribution in [-0.2, 0) is 36.9 Å². The number of nitrogens with one attached hydrogen (secondary N) is 4. The van der Waals surface area contributed by atoms with E-state index in [1.165, 1.54) is 16.5 Å². The Kier molecular flexibility index (Phi) is 15.2. The maximum atomic E-state index is 15.3. The molecule has 0 radical (unpaired) electrons. The smallest absolute Gasteiger partial charge is 0.410 e. The van der Waals surface area contributed by atoms with Crippen molar-refractivity contribution >= 4 is 35.6 Å². The van der Waals surface area contributed by atoms with Crippen molar-refractivity contribution in [1.29, 1.82) is 0 Å². The van der Waals surface area contributed by atoms with E-state index in [1.54, 1.807) is 4.90 Å². The van der Waals surface area contributed by atoms with Gasteiger partial charge >= 0.3 is 12.1 Å². The fourth-order valence-electron chi connectivity index (χ4n) is 10.2. The number of likely N-dealkylation sites (tertiary alicyclic amines) is 1. The van der Waals surface area contributed by atoms with Crippen molar-refractivity contribution < 1.29 is 33.5 Å². The molecule has 6 rings (SSSR count). The molecule has 4 atom stereocenters. The predicted molar refractivity (Wildman–Crippen MR) is 234 cm³/mol. The van der Waals surface area contributed by atoms with Crippen LogP contribution in [0.5, 0.6) is 0 Å². The van der Waals surface area contributed by atoms with Crippen LogP contribution < -0.4 is 21.3 Å². The Morgan fingerprint density at radius 1 is 0.934 bits per heavy atom. The minimum absolute atomic E-state index is 0.00720. The maximum Gasteiger partial charge on any atom is 0.410 e. The van der Waals surface area contributed by atoms with Crippen LogP contribution in [0, 0.1) is 16.7 Å². The van der Waals surface area contributed by atoms with Crippen molar-refractivity contribution in [3.05, 3.63) is 48.0 Å². The minimum Gasteiger partial charge on any atom is -0.444 e. The third-order valence-electron chi connectivity index (χ3n) is 14.0. The van der Waals surface area contributed by atoms with Gasteiger partial charge in [0.05, 0.1) is 12.6 Å². The number of hydrogen-bond acceptors (Lipinski definition) is 7. The van der Waals surface area contributed by atoms with Crippen LogP contribution in [0.25, 0.3) is 0 Å². The van der Waals surface area contributed by atoms with Gasteiger partial charge in [0.25, 0.3) is 5.91 Å². The standard InChI is InChI=1S/C48H72N6O7/c1-6-27-49-42(57)39(55)37(29-33-18-19-33)50-41(56)38-30-36(61-45(60)53-28-20-34-16-9-10-17-35(34)31-53)32-54(38)43(58)40(47(5)22-11-7-12-23-47)51-44(59)52-48(24-13-8-14-25-48)26-15-21-46(2,3)4/h6,9-10,16-17,33,36-38,40H,1,7-8,11-15,18-32H2,2-5H3,(H,49,57)(H,50,56)(H2,51,52,59)/t36-,37?,38+,40-/m1/s1. The number of hydrogen-bond donors (Lipinski definition) is 4. The Morgan fingerprint density at radius 2 is 1.61 bits per heavy atom. The Labute approximate surface area is 363 Å². The molecule has 13 nitrogen and oxygen atoms in total. The summed E-state index contributed by atoms with van der Waals surface area (Å²) < 4.78 is 6.12. The van der Waals surface area contributed by atoms with Crippen molar-refractivity contribution in [2.75, 3.05) is 19.6 Å². The van der Waals surface area contributed by atoms with Gasteiger partial charge in [0, 0.05) is 31.6 Å². The van der Waals surface area contributed by atoms with Crippen LogP contribution >= 0.6 is 0 Å². The van der Waals surface area contributed by atoms with E-state index in [0.29, 0.717) is 25.9 Å². The molecule has 0 aromatic heterocycles. The van der Waals surface area contributed by atoms with Gasteiger partial charge in [0.2, 0.25) is 17.6 Å². The highest BCUT2D eigenvalue weighted by Gasteiger charge is 2.50. The molecule has 1 aromatic rings. The maximum absolute atomic E-state index is 15.3. The molecule has 0 bridgehead atoms. The molecule has 1 aromatic carbocycles. The number of carbonyl (C=O) groups is 6. The summed E-state index contributed by atoms with van der Waals surface area (Å²) in [6.45, 7) is 13.3. The number of nitrogens with zero attached hydrogens (tertiary/aromatic N) is 2. The minimum atomic E-state index is -1.11. The monoisotopic (exact) mass is 845 g/mol. The van der Waals surface area contributed by atoms with Gasteiger partial charge in [0.1, 0.15) is 18.2 Å². The number of carbonyl (C=O) groups excluding carboxylic acids is 6. The number of fused-ring (bicyclic) bond motifs is 1. The lowest BCUT2D eigenvalue weighted by molar-refractivity contribution is -0.144. The summed E-state index contributed by atoms with van der Waals surface area (Å²) in [4.78, 5) is 87.3. The van der Waals surface area contributed by atoms with E-state index in [2.05, 4.69) is 61.6 Å². The highest BCUT2D eigenvalue weighted by Crippen LogP contribution is 2.41. The normalized spacial score (nSPS) is 23.1. The number of ether oxygens (including phenoxy) is 1. The Hall–Kier alpha value is -4.42. The van der Waals surface area contributed by atoms with E-state index in [1.807, 2.05) is 18.2 Å². The van der Waals surface area contributed by atoms with Crippen molar-refractivity contribution in [2.45, 2.75) is 180 Å². The zero-order chi connectivity index (χ0) is 43.8. The largest absolute Gasteiger partial charge is 0.444 e. The fraction of sp³-hybridized carbons (Fsp3) is 0.708. The van der Waals surface area contributed by atoms with Gasteiger partial charge in [-0.3, -0.25) is 19.2 Å². The first-order valence-electron chi connectivity index (χ1n) is 23.2. The summed E-state index contributed by atoms with van der Waals surface area (Å²) >= 11 is 0. The Morgan fingerprint density at radius 3 is 2.26 bits per heavy atom. The van der Waals surface area contributed by atoms with Gasteiger partial charge in [0.15, 0.2) is 0 Å². The van der Waals surface area contributed by atoms with Gasteiger partial charge in [-0.2, -0.15) is 0 Å². The molecule has 2 heterocycles. The number of urea groups is 1. The van der Waals surface area contributed by atoms with E-state index in [4.69, 9.17) is 4.74 Å². The molecular formula is C48H72N6O7. The van der Waals surface area contributed by atoms with Crippen molar-refractivity contribution in [1.82, 2.24) is 31.1 Å². The fourth-order valence-corrected chi connectivity index (χ4v) is 10.2. The molecule has 4 N–H and O–H groups in total. The first-order valence-corrected chi connectivity index (χ1v) is 23.2. The third-order valence-corrected chi connectivity index (χ3v) is 14.0. The first kappa shape index (κ1) is 46.1. The van der Waals surface area contributed by atoms with E-state index in [-0.39, 0.29) is 42.4 Å². The topological polar surface area (TPSA) is 166 Å². The highest BCUT2D eigenvalue weighted by atomic mass is 16.6. The van der Waals surface area contributed by atoms with Crippen LogP contribution in [-0.4, -0.2) is 94.8 Å². The van der Waals surface area contributed by atoms with Gasteiger partial charge < -0.3 is 35.8 Å². The molecule has 1 saturated heterocycles. The molecule has 336 valence electrons. The number of rotatable bonds is 16. The molecule has 2 aliphatic heterocycles. The molecule has 3 aliphatic carbocycles. The summed E-state index contributed by atoms with van der Waals surface area (Å²) in [6.07, 6.45) is 15.1. The highest BCUT2D eigenvalue weighted by molar-refractivity contribution is 6.38. The SMILES string of the molecule is C=CCNC(=O)C(=O)C(CC1CC1)NC(=O)[C@@H]1C[C@@H](OC(=O)N2CCc3ccccc3C2)CN1C(=O)[C@@H](NC(=O)NC1(CCCC(C)(C)C)CCCCC1)C1(C)CCCCC1. The predicted octanol–water partition coefficient (Wildman–Crippen LogP) is 6.86. The summed E-state index contributed by atoms with van der Waals surface area (Å²) in [5.74, 6) is -2.37. The lowest BCUT2D eigenvalue weighted by Gasteiger charge is -2.44. The number of Topliss-reactive ketones (excluding diaryl/α,β-unsaturated/α-hetero) is 1. The molecule has 1 unspecified atom stereocenters. The molecule has 61 heavy (non-hydrogen) atoms. The summed E-state index contributed by atoms with van der Waals surface area (Å²) in [7, 11) is 0. The molecular weight excluding hydrogens is 773 g/mol. The third kappa shape index (κ3) is 12.4. The second kappa shape index (κ2) is 20.2. The summed E-state index contributed by atoms with van der Waals surface area (Å²) in [5, 5.41) is 12.0. The Balaban J connectivity index is 1.25. The van der Waals surface area contributed by atoms with Crippen LogP contribution in [0.4, 0.5) is 9.59 Å². The van der Waals surface area contributed by atoms with Crippen molar-refractivity contribution in [3.8, 4) is 0 Å². The van der Waals surface area contributed by atoms with Crippen LogP contribution in [0.2, 0.25) is 0 Å². The van der Waals surface area contributed by atoms with Crippen LogP contribution in [0.15, 0.2) is 36.9 Å². The summed E-state index contributed by atoms with van der Waals surface area (Å²) in [6, 6.07) is 4.46. The average Bonchev–Trinajstić information content (AvgIpc) is 3.96. The molecule has 13 heteroatoms. The second-order valence-corrected chi connectivity index (χ2v) is 20.3. The van der Waals surface area contributed by atoms with E-state index in [0.717, 1.165) is 102 Å². The molecule has 6 amide bonds. The average molecular weight is 845 g/mol. The first-order chi connectivity index (χ1) is 29.1. The molecule has 5 aliphatic rings. The van der Waals surface area contributed by atoms with Crippen molar-refractivity contribution in [3.63, 3.8) is 0 Å². The van der Waals surface area contributed by atoms with Gasteiger partial charge in [-0.15, -0.1) is 6.58 Å². The second-order valence-electron chi connectivity index (χ2n) is 20.3. The zero-order valence-electron chi connectivity index (χ0n) is 37.3. The number of amides is 6. The Bertz CT molecular complexity index is 1760. The number of benzene rings is 1.